The summed E-state index contributed by atoms with van der Waals surface area (Å²) in [5.74, 6) is -1.61. The van der Waals surface area contributed by atoms with Gasteiger partial charge in [0.25, 0.3) is 5.91 Å². The zero-order chi connectivity index (χ0) is 23.0. The van der Waals surface area contributed by atoms with Gasteiger partial charge in [-0.05, 0) is 55.0 Å². The highest BCUT2D eigenvalue weighted by molar-refractivity contribution is 6.05. The van der Waals surface area contributed by atoms with Crippen molar-refractivity contribution in [1.29, 1.82) is 0 Å². The van der Waals surface area contributed by atoms with Gasteiger partial charge in [-0.3, -0.25) is 4.79 Å². The van der Waals surface area contributed by atoms with Crippen LogP contribution in [0.1, 0.15) is 40.1 Å². The topological polar surface area (TPSA) is 51.5 Å². The van der Waals surface area contributed by atoms with E-state index in [1.165, 1.54) is 52.1 Å². The van der Waals surface area contributed by atoms with Crippen molar-refractivity contribution in [3.8, 4) is 0 Å². The number of anilines is 1. The number of hydrogen-bond donors (Lipinski definition) is 0. The highest BCUT2D eigenvalue weighted by atomic mass is 19.4. The Hall–Kier alpha value is -3.62. The maximum absolute atomic E-state index is 14.1. The van der Waals surface area contributed by atoms with Crippen molar-refractivity contribution in [3.63, 3.8) is 0 Å². The Kier molecular flexibility index (Phi) is 5.50. The molecule has 0 radical (unpaired) electrons. The molecule has 1 aliphatic rings. The summed E-state index contributed by atoms with van der Waals surface area (Å²) >= 11 is 0. The Morgan fingerprint density at radius 1 is 1.09 bits per heavy atom. The molecular weight excluding hydrogens is 428 g/mol. The fraction of sp³-hybridized carbons (Fsp3) is 0.217. The molecule has 5 nitrogen and oxygen atoms in total. The third kappa shape index (κ3) is 3.86. The van der Waals surface area contributed by atoms with E-state index in [-0.39, 0.29) is 18.8 Å². The first-order valence-electron chi connectivity index (χ1n) is 9.81. The van der Waals surface area contributed by atoms with Crippen molar-refractivity contribution in [1.82, 2.24) is 4.57 Å². The van der Waals surface area contributed by atoms with Crippen LogP contribution >= 0.6 is 0 Å². The summed E-state index contributed by atoms with van der Waals surface area (Å²) in [5.41, 5.74) is 0.589. The number of alkyl halides is 3. The van der Waals surface area contributed by atoms with Gasteiger partial charge in [-0.15, -0.1) is 0 Å². The molecule has 1 aromatic heterocycles. The number of aromatic nitrogens is 1. The van der Waals surface area contributed by atoms with Crippen molar-refractivity contribution < 1.29 is 31.9 Å². The highest BCUT2D eigenvalue weighted by Crippen LogP contribution is 2.40. The van der Waals surface area contributed by atoms with E-state index in [9.17, 15) is 27.2 Å². The van der Waals surface area contributed by atoms with E-state index < -0.39 is 35.5 Å². The standard InChI is InChI=1S/C23H18F4N2O3/c1-2-32-22(31)19-4-3-11-28(19)20-17-12-16(24)9-10-18(17)29(21(20)30)13-14-5-7-15(8-6-14)23(25,26)27/h3-12,20H,2,13H2,1H3. The maximum atomic E-state index is 14.1. The van der Waals surface area contributed by atoms with Crippen molar-refractivity contribution in [2.45, 2.75) is 25.7 Å². The van der Waals surface area contributed by atoms with E-state index in [1.54, 1.807) is 13.0 Å². The van der Waals surface area contributed by atoms with Crippen LogP contribution in [0.4, 0.5) is 23.2 Å². The Morgan fingerprint density at radius 2 is 1.81 bits per heavy atom. The molecule has 166 valence electrons. The van der Waals surface area contributed by atoms with Gasteiger partial charge in [0, 0.05) is 11.8 Å². The first-order chi connectivity index (χ1) is 15.2. The Morgan fingerprint density at radius 3 is 2.47 bits per heavy atom. The second-order valence-corrected chi connectivity index (χ2v) is 7.25. The number of carbonyl (C=O) groups is 2. The van der Waals surface area contributed by atoms with E-state index >= 15 is 0 Å². The number of benzene rings is 2. The van der Waals surface area contributed by atoms with Crippen LogP contribution in [0.15, 0.2) is 60.8 Å². The van der Waals surface area contributed by atoms with Gasteiger partial charge in [0.15, 0.2) is 0 Å². The van der Waals surface area contributed by atoms with E-state index in [1.807, 2.05) is 0 Å². The van der Waals surface area contributed by atoms with Crippen LogP contribution < -0.4 is 4.90 Å². The molecule has 3 aromatic rings. The third-order valence-corrected chi connectivity index (χ3v) is 5.24. The van der Waals surface area contributed by atoms with Crippen LogP contribution in [0.3, 0.4) is 0 Å². The molecule has 1 amide bonds. The molecule has 0 spiro atoms. The molecule has 32 heavy (non-hydrogen) atoms. The first-order valence-corrected chi connectivity index (χ1v) is 9.81. The number of ether oxygens (including phenoxy) is 1. The van der Waals surface area contributed by atoms with Gasteiger partial charge >= 0.3 is 12.1 Å². The molecule has 2 aromatic carbocycles. The van der Waals surface area contributed by atoms with Crippen molar-refractivity contribution in [3.05, 3.63) is 89.0 Å². The fourth-order valence-corrected chi connectivity index (χ4v) is 3.80. The molecule has 1 aliphatic heterocycles. The van der Waals surface area contributed by atoms with E-state index in [2.05, 4.69) is 0 Å². The lowest BCUT2D eigenvalue weighted by atomic mass is 10.1. The average molecular weight is 446 g/mol. The van der Waals surface area contributed by atoms with Crippen LogP contribution in [0.2, 0.25) is 0 Å². The average Bonchev–Trinajstić information content (AvgIpc) is 3.31. The second-order valence-electron chi connectivity index (χ2n) is 7.25. The molecule has 0 aliphatic carbocycles. The highest BCUT2D eigenvalue weighted by Gasteiger charge is 2.40. The fourth-order valence-electron chi connectivity index (χ4n) is 3.80. The molecule has 0 saturated heterocycles. The minimum atomic E-state index is -4.46. The largest absolute Gasteiger partial charge is 0.461 e. The van der Waals surface area contributed by atoms with E-state index in [4.69, 9.17) is 4.74 Å². The van der Waals surface area contributed by atoms with Gasteiger partial charge in [-0.25, -0.2) is 9.18 Å². The quantitative estimate of drug-likeness (QED) is 0.411. The maximum Gasteiger partial charge on any atom is 0.416 e. The van der Waals surface area contributed by atoms with Gasteiger partial charge in [0.05, 0.1) is 24.4 Å². The Balaban J connectivity index is 1.71. The smallest absolute Gasteiger partial charge is 0.416 e. The minimum Gasteiger partial charge on any atom is -0.461 e. The molecule has 0 N–H and O–H groups in total. The molecule has 1 unspecified atom stereocenters. The molecule has 9 heteroatoms. The van der Waals surface area contributed by atoms with Crippen molar-refractivity contribution in [2.75, 3.05) is 11.5 Å². The summed E-state index contributed by atoms with van der Waals surface area (Å²) in [4.78, 5) is 27.1. The number of hydrogen-bond acceptors (Lipinski definition) is 3. The van der Waals surface area contributed by atoms with E-state index in [0.717, 1.165) is 12.1 Å². The summed E-state index contributed by atoms with van der Waals surface area (Å²) in [6.07, 6.45) is -2.93. The molecule has 0 bridgehead atoms. The lowest BCUT2D eigenvalue weighted by Crippen LogP contribution is -2.31. The summed E-state index contributed by atoms with van der Waals surface area (Å²) < 4.78 is 59.1. The first kappa shape index (κ1) is 21.6. The third-order valence-electron chi connectivity index (χ3n) is 5.24. The number of halogens is 4. The van der Waals surface area contributed by atoms with E-state index in [0.29, 0.717) is 16.8 Å². The van der Waals surface area contributed by atoms with Crippen molar-refractivity contribution in [2.24, 2.45) is 0 Å². The number of carbonyl (C=O) groups excluding carboxylic acids is 2. The Labute approximate surface area is 180 Å². The number of fused-ring (bicyclic) bond motifs is 1. The van der Waals surface area contributed by atoms with Gasteiger partial charge < -0.3 is 14.2 Å². The number of nitrogens with zero attached hydrogens (tertiary/aromatic N) is 2. The monoisotopic (exact) mass is 446 g/mol. The van der Waals surface area contributed by atoms with Gasteiger partial charge in [0.2, 0.25) is 0 Å². The van der Waals surface area contributed by atoms with Gasteiger partial charge in [0.1, 0.15) is 17.6 Å². The number of amides is 1. The lowest BCUT2D eigenvalue weighted by molar-refractivity contribution is -0.137. The molecular formula is C23H18F4N2O3. The van der Waals surface area contributed by atoms with Crippen molar-refractivity contribution >= 4 is 17.6 Å². The Bertz CT molecular complexity index is 1170. The molecule has 2 heterocycles. The van der Waals surface area contributed by atoms with Crippen LogP contribution in [0.25, 0.3) is 0 Å². The summed E-state index contributed by atoms with van der Waals surface area (Å²) in [6, 6.07) is 10.4. The normalized spacial score (nSPS) is 15.7. The van der Waals surface area contributed by atoms with Gasteiger partial charge in [-0.2, -0.15) is 13.2 Å². The van der Waals surface area contributed by atoms with Crippen LogP contribution in [-0.4, -0.2) is 23.1 Å². The number of esters is 1. The number of rotatable bonds is 5. The zero-order valence-corrected chi connectivity index (χ0v) is 16.9. The summed E-state index contributed by atoms with van der Waals surface area (Å²) in [5, 5.41) is 0. The summed E-state index contributed by atoms with van der Waals surface area (Å²) in [7, 11) is 0. The minimum absolute atomic E-state index is 0.0118. The summed E-state index contributed by atoms with van der Waals surface area (Å²) in [6.45, 7) is 1.79. The van der Waals surface area contributed by atoms with Gasteiger partial charge in [-0.1, -0.05) is 12.1 Å². The molecule has 4 rings (SSSR count). The molecule has 0 fully saturated rings. The predicted molar refractivity (Wildman–Crippen MR) is 108 cm³/mol. The molecule has 1 atom stereocenters. The zero-order valence-electron chi connectivity index (χ0n) is 16.9. The predicted octanol–water partition coefficient (Wildman–Crippen LogP) is 4.96. The van der Waals surface area contributed by atoms with Crippen LogP contribution in [-0.2, 0) is 22.3 Å². The SMILES string of the molecule is CCOC(=O)c1cccn1C1C(=O)N(Cc2ccc(C(F)(F)F)cc2)c2ccc(F)cc21. The van der Waals surface area contributed by atoms with Crippen LogP contribution in [0, 0.1) is 5.82 Å². The molecule has 0 saturated carbocycles. The second kappa shape index (κ2) is 8.14. The van der Waals surface area contributed by atoms with Crippen LogP contribution in [0.5, 0.6) is 0 Å². The lowest BCUT2D eigenvalue weighted by Gasteiger charge is -2.19.